The number of aromatic nitrogens is 2. The van der Waals surface area contributed by atoms with Crippen molar-refractivity contribution in [2.75, 3.05) is 4.90 Å². The number of benzene rings is 11. The van der Waals surface area contributed by atoms with Gasteiger partial charge in [0, 0.05) is 28.2 Å². The van der Waals surface area contributed by atoms with E-state index in [1.165, 1.54) is 43.1 Å². The van der Waals surface area contributed by atoms with Crippen molar-refractivity contribution in [3.05, 3.63) is 200 Å². The third-order valence-corrected chi connectivity index (χ3v) is 12.2. The van der Waals surface area contributed by atoms with E-state index in [9.17, 15) is 0 Å². The predicted octanol–water partition coefficient (Wildman–Crippen LogP) is 15.7. The van der Waals surface area contributed by atoms with Crippen LogP contribution in [0, 0.1) is 0 Å². The van der Waals surface area contributed by atoms with E-state index in [0.717, 1.165) is 71.9 Å². The lowest BCUT2D eigenvalue weighted by Gasteiger charge is -2.26. The van der Waals surface area contributed by atoms with E-state index in [2.05, 4.69) is 205 Å². The first-order chi connectivity index (χ1) is 30.1. The SMILES string of the molecule is c1ccc2cc3cc(N(c4ccc(-c5nc6cc7ccc8ccccc8c7cc6o5)cc4)c4ccc(-c5nc6cc7ccc8ccccc8c7cc6o5)cc4)ccc3cc2c1. The van der Waals surface area contributed by atoms with Crippen LogP contribution in [-0.4, -0.2) is 9.97 Å². The topological polar surface area (TPSA) is 55.3 Å². The van der Waals surface area contributed by atoms with Gasteiger partial charge in [-0.2, -0.15) is 0 Å². The summed E-state index contributed by atoms with van der Waals surface area (Å²) in [4.78, 5) is 12.2. The van der Waals surface area contributed by atoms with Crippen LogP contribution in [0.4, 0.5) is 17.1 Å². The quantitative estimate of drug-likeness (QED) is 0.129. The van der Waals surface area contributed by atoms with Gasteiger partial charge in [-0.15, -0.1) is 0 Å². The molecule has 13 aromatic rings. The molecule has 0 unspecified atom stereocenters. The van der Waals surface area contributed by atoms with E-state index >= 15 is 0 Å². The number of nitrogens with zero attached hydrogens (tertiary/aromatic N) is 3. The Hall–Kier alpha value is -8.28. The normalized spacial score (nSPS) is 11.9. The average Bonchev–Trinajstić information content (AvgIpc) is 3.94. The smallest absolute Gasteiger partial charge is 0.227 e. The Morgan fingerprint density at radius 1 is 0.295 bits per heavy atom. The molecule has 0 aliphatic heterocycles. The van der Waals surface area contributed by atoms with Crippen molar-refractivity contribution in [1.29, 1.82) is 0 Å². The van der Waals surface area contributed by atoms with Gasteiger partial charge in [0.05, 0.1) is 0 Å². The first kappa shape index (κ1) is 33.7. The maximum absolute atomic E-state index is 6.44. The first-order valence-electron chi connectivity index (χ1n) is 20.5. The van der Waals surface area contributed by atoms with Gasteiger partial charge in [0.15, 0.2) is 11.2 Å². The molecule has 0 fully saturated rings. The van der Waals surface area contributed by atoms with Crippen molar-refractivity contribution in [1.82, 2.24) is 9.97 Å². The van der Waals surface area contributed by atoms with Gasteiger partial charge in [-0.3, -0.25) is 0 Å². The van der Waals surface area contributed by atoms with Crippen LogP contribution in [-0.2, 0) is 0 Å². The van der Waals surface area contributed by atoms with Crippen molar-refractivity contribution in [3.63, 3.8) is 0 Å². The highest BCUT2D eigenvalue weighted by Crippen LogP contribution is 2.40. The maximum atomic E-state index is 6.44. The van der Waals surface area contributed by atoms with Crippen LogP contribution in [0.3, 0.4) is 0 Å². The van der Waals surface area contributed by atoms with Crippen LogP contribution < -0.4 is 4.90 Å². The predicted molar refractivity (Wildman–Crippen MR) is 252 cm³/mol. The van der Waals surface area contributed by atoms with E-state index in [-0.39, 0.29) is 0 Å². The average molecular weight is 780 g/mol. The summed E-state index contributed by atoms with van der Waals surface area (Å²) in [5.74, 6) is 1.18. The zero-order chi connectivity index (χ0) is 40.0. The minimum absolute atomic E-state index is 0.592. The van der Waals surface area contributed by atoms with Crippen molar-refractivity contribution >= 4 is 104 Å². The molecule has 61 heavy (non-hydrogen) atoms. The molecule has 5 nitrogen and oxygen atoms in total. The summed E-state index contributed by atoms with van der Waals surface area (Å²) in [6.45, 7) is 0. The van der Waals surface area contributed by atoms with Gasteiger partial charge in [0.1, 0.15) is 11.0 Å². The lowest BCUT2D eigenvalue weighted by molar-refractivity contribution is 0.620. The molecule has 5 heteroatoms. The molecule has 0 saturated carbocycles. The van der Waals surface area contributed by atoms with Crippen LogP contribution >= 0.6 is 0 Å². The van der Waals surface area contributed by atoms with Crippen LogP contribution in [0.1, 0.15) is 0 Å². The van der Waals surface area contributed by atoms with Gasteiger partial charge in [0.2, 0.25) is 11.8 Å². The molecule has 0 N–H and O–H groups in total. The molecule has 0 spiro atoms. The number of fused-ring (bicyclic) bond motifs is 10. The summed E-state index contributed by atoms with van der Waals surface area (Å²) in [5, 5.41) is 14.2. The zero-order valence-corrected chi connectivity index (χ0v) is 32.7. The Morgan fingerprint density at radius 3 is 1.23 bits per heavy atom. The highest BCUT2D eigenvalue weighted by molar-refractivity contribution is 6.12. The van der Waals surface area contributed by atoms with E-state index in [1.807, 2.05) is 0 Å². The molecule has 2 aromatic heterocycles. The minimum Gasteiger partial charge on any atom is -0.436 e. The molecule has 0 bridgehead atoms. The molecule has 0 aliphatic carbocycles. The number of anilines is 3. The summed E-state index contributed by atoms with van der Waals surface area (Å²) in [5.41, 5.74) is 8.10. The van der Waals surface area contributed by atoms with Crippen molar-refractivity contribution < 1.29 is 8.83 Å². The Labute approximate surface area is 349 Å². The second kappa shape index (κ2) is 13.1. The lowest BCUT2D eigenvalue weighted by atomic mass is 10.0. The zero-order valence-electron chi connectivity index (χ0n) is 32.7. The fourth-order valence-electron chi connectivity index (χ4n) is 9.12. The molecule has 0 saturated heterocycles. The molecule has 0 atom stereocenters. The number of oxazole rings is 2. The number of rotatable bonds is 5. The summed E-state index contributed by atoms with van der Waals surface area (Å²) >= 11 is 0. The van der Waals surface area contributed by atoms with Crippen molar-refractivity contribution in [2.45, 2.75) is 0 Å². The molecular formula is C56H33N3O2. The third kappa shape index (κ3) is 5.55. The molecule has 11 aromatic carbocycles. The highest BCUT2D eigenvalue weighted by Gasteiger charge is 2.18. The van der Waals surface area contributed by atoms with Gasteiger partial charge in [0.25, 0.3) is 0 Å². The number of hydrogen-bond acceptors (Lipinski definition) is 5. The molecule has 13 rings (SSSR count). The largest absolute Gasteiger partial charge is 0.436 e. The van der Waals surface area contributed by atoms with Crippen molar-refractivity contribution in [2.24, 2.45) is 0 Å². The van der Waals surface area contributed by atoms with Crippen LogP contribution in [0.5, 0.6) is 0 Å². The fourth-order valence-corrected chi connectivity index (χ4v) is 9.12. The van der Waals surface area contributed by atoms with E-state index < -0.39 is 0 Å². The monoisotopic (exact) mass is 779 g/mol. The minimum atomic E-state index is 0.592. The van der Waals surface area contributed by atoms with Crippen molar-refractivity contribution in [3.8, 4) is 22.9 Å². The second-order valence-corrected chi connectivity index (χ2v) is 15.9. The highest BCUT2D eigenvalue weighted by atomic mass is 16.4. The molecule has 0 amide bonds. The Morgan fingerprint density at radius 2 is 0.705 bits per heavy atom. The van der Waals surface area contributed by atoms with Gasteiger partial charge in [-0.25, -0.2) is 9.97 Å². The fraction of sp³-hybridized carbons (Fsp3) is 0. The first-order valence-corrected chi connectivity index (χ1v) is 20.5. The van der Waals surface area contributed by atoms with Gasteiger partial charge < -0.3 is 13.7 Å². The lowest BCUT2D eigenvalue weighted by Crippen LogP contribution is -2.09. The summed E-state index contributed by atoms with van der Waals surface area (Å²) in [6, 6.07) is 70.7. The molecule has 0 radical (unpaired) electrons. The third-order valence-electron chi connectivity index (χ3n) is 12.2. The standard InChI is InChI=1S/C56H33N3O2/c1-2-10-39-28-43-29-46(26-21-40(43)27-38(39)9-1)59(44-22-17-36(18-23-44)55-57-51-30-41-15-13-34-7-3-5-11-47(34)49(41)32-53(51)60-55)45-24-19-37(20-25-45)56-58-52-31-42-16-14-35-8-4-6-12-48(35)50(42)33-54(52)61-56/h1-33H. The molecular weight excluding hydrogens is 747 g/mol. The van der Waals surface area contributed by atoms with Gasteiger partial charge in [-0.05, 0) is 162 Å². The molecule has 284 valence electrons. The Balaban J connectivity index is 0.891. The van der Waals surface area contributed by atoms with Crippen LogP contribution in [0.2, 0.25) is 0 Å². The second-order valence-electron chi connectivity index (χ2n) is 15.9. The van der Waals surface area contributed by atoms with Gasteiger partial charge >= 0.3 is 0 Å². The molecule has 0 aliphatic rings. The maximum Gasteiger partial charge on any atom is 0.227 e. The van der Waals surface area contributed by atoms with Crippen LogP contribution in [0.15, 0.2) is 209 Å². The molecule has 2 heterocycles. The Kier molecular flexibility index (Phi) is 7.24. The van der Waals surface area contributed by atoms with Gasteiger partial charge in [-0.1, -0.05) is 103 Å². The van der Waals surface area contributed by atoms with Crippen LogP contribution in [0.25, 0.3) is 110 Å². The summed E-state index contributed by atoms with van der Waals surface area (Å²) < 4.78 is 12.9. The Bertz CT molecular complexity index is 3690. The number of hydrogen-bond donors (Lipinski definition) is 0. The summed E-state index contributed by atoms with van der Waals surface area (Å²) in [7, 11) is 0. The van der Waals surface area contributed by atoms with E-state index in [0.29, 0.717) is 11.8 Å². The summed E-state index contributed by atoms with van der Waals surface area (Å²) in [6.07, 6.45) is 0. The van der Waals surface area contributed by atoms with E-state index in [4.69, 9.17) is 18.8 Å². The van der Waals surface area contributed by atoms with E-state index in [1.54, 1.807) is 0 Å².